The van der Waals surface area contributed by atoms with Crippen LogP contribution in [0, 0.1) is 5.92 Å². The average Bonchev–Trinajstić information content (AvgIpc) is 2.70. The fourth-order valence-electron chi connectivity index (χ4n) is 2.63. The summed E-state index contributed by atoms with van der Waals surface area (Å²) < 4.78 is 18.5. The van der Waals surface area contributed by atoms with Crippen LogP contribution < -0.4 is 0 Å². The van der Waals surface area contributed by atoms with E-state index in [-0.39, 0.29) is 28.2 Å². The Morgan fingerprint density at radius 3 is 1.96 bits per heavy atom. The molecule has 0 aromatic rings. The molecule has 0 unspecified atom stereocenters. The van der Waals surface area contributed by atoms with Crippen molar-refractivity contribution in [3.63, 3.8) is 0 Å². The van der Waals surface area contributed by atoms with Gasteiger partial charge in [-0.2, -0.15) is 0 Å². The van der Waals surface area contributed by atoms with E-state index in [4.69, 9.17) is 13.6 Å². The lowest BCUT2D eigenvalue weighted by Crippen LogP contribution is -2.47. The summed E-state index contributed by atoms with van der Waals surface area (Å²) in [6.45, 7) is 27.8. The Kier molecular flexibility index (Phi) is 7.17. The Balaban J connectivity index is 2.99. The van der Waals surface area contributed by atoms with E-state index in [1.165, 1.54) is 0 Å². The zero-order chi connectivity index (χ0) is 20.6. The van der Waals surface area contributed by atoms with Gasteiger partial charge in [0.15, 0.2) is 16.6 Å². The van der Waals surface area contributed by atoms with Gasteiger partial charge in [-0.1, -0.05) is 48.1 Å². The van der Waals surface area contributed by atoms with Crippen LogP contribution in [0.2, 0.25) is 36.3 Å². The molecule has 0 saturated heterocycles. The lowest BCUT2D eigenvalue weighted by atomic mass is 10.0. The third kappa shape index (κ3) is 5.30. The lowest BCUT2D eigenvalue weighted by molar-refractivity contribution is -0.132. The summed E-state index contributed by atoms with van der Waals surface area (Å²) in [5, 5.41) is 0.282. The van der Waals surface area contributed by atoms with Crippen LogP contribution in [0.3, 0.4) is 0 Å². The molecule has 1 fully saturated rings. The van der Waals surface area contributed by atoms with Gasteiger partial charge in [-0.25, -0.2) is 0 Å². The van der Waals surface area contributed by atoms with Crippen molar-refractivity contribution in [2.24, 2.45) is 5.92 Å². The summed E-state index contributed by atoms with van der Waals surface area (Å²) in [5.74, 6) is 0.0724. The predicted molar refractivity (Wildman–Crippen MR) is 113 cm³/mol. The smallest absolute Gasteiger partial charge is 0.293 e. The van der Waals surface area contributed by atoms with Crippen molar-refractivity contribution in [2.75, 3.05) is 6.61 Å². The van der Waals surface area contributed by atoms with Gasteiger partial charge < -0.3 is 13.6 Å². The topological polar surface area (TPSA) is 44.8 Å². The van der Waals surface area contributed by atoms with E-state index in [9.17, 15) is 4.79 Å². The number of hydrogen-bond donors (Lipinski definition) is 0. The molecule has 1 saturated carbocycles. The predicted octanol–water partition coefficient (Wildman–Crippen LogP) is 5.52. The van der Waals surface area contributed by atoms with E-state index in [0.717, 1.165) is 5.57 Å². The van der Waals surface area contributed by atoms with Crippen molar-refractivity contribution < 1.29 is 18.4 Å². The summed E-state index contributed by atoms with van der Waals surface area (Å²) in [6.07, 6.45) is 0.406. The molecular formula is C20H40O4Si2. The quantitative estimate of drug-likeness (QED) is 0.321. The van der Waals surface area contributed by atoms with Crippen LogP contribution in [0.15, 0.2) is 12.2 Å². The van der Waals surface area contributed by atoms with Crippen molar-refractivity contribution in [3.05, 3.63) is 12.2 Å². The highest BCUT2D eigenvalue weighted by atomic mass is 28.4. The minimum Gasteiger partial charge on any atom is -0.460 e. The Bertz CT molecular complexity index is 515. The SMILES string of the molecule is C=C1[C@H](OC=O)C[C@H](O[Si](C)(C)C(C)(C)C)[C@H]1CO[Si](C)(C)C(C)(C)C. The molecule has 3 atom stereocenters. The number of rotatable bonds is 7. The molecule has 0 aromatic heterocycles. The molecule has 0 heterocycles. The summed E-state index contributed by atoms with van der Waals surface area (Å²) in [4.78, 5) is 10.9. The van der Waals surface area contributed by atoms with Crippen LogP contribution in [0.25, 0.3) is 0 Å². The Hall–Kier alpha value is -0.436. The Morgan fingerprint density at radius 1 is 1.04 bits per heavy atom. The van der Waals surface area contributed by atoms with Crippen molar-refractivity contribution in [2.45, 2.75) is 96.4 Å². The van der Waals surface area contributed by atoms with Gasteiger partial charge in [-0.05, 0) is 41.8 Å². The lowest BCUT2D eigenvalue weighted by Gasteiger charge is -2.41. The van der Waals surface area contributed by atoms with Crippen LogP contribution >= 0.6 is 0 Å². The van der Waals surface area contributed by atoms with Crippen LogP contribution in [0.5, 0.6) is 0 Å². The normalized spacial score (nSPS) is 25.5. The molecule has 6 heteroatoms. The first-order valence-electron chi connectivity index (χ1n) is 9.63. The van der Waals surface area contributed by atoms with E-state index in [1.807, 2.05) is 0 Å². The Labute approximate surface area is 162 Å². The first-order chi connectivity index (χ1) is 11.5. The average molecular weight is 401 g/mol. The fraction of sp³-hybridized carbons (Fsp3) is 0.850. The van der Waals surface area contributed by atoms with E-state index in [2.05, 4.69) is 74.3 Å². The molecule has 0 radical (unpaired) electrons. The molecule has 26 heavy (non-hydrogen) atoms. The molecule has 0 bridgehead atoms. The maximum Gasteiger partial charge on any atom is 0.293 e. The van der Waals surface area contributed by atoms with Crippen molar-refractivity contribution >= 4 is 23.1 Å². The van der Waals surface area contributed by atoms with Crippen LogP contribution in [-0.2, 0) is 18.4 Å². The van der Waals surface area contributed by atoms with Crippen LogP contribution in [0.4, 0.5) is 0 Å². The maximum atomic E-state index is 10.9. The van der Waals surface area contributed by atoms with Crippen molar-refractivity contribution in [1.29, 1.82) is 0 Å². The summed E-state index contributed by atoms with van der Waals surface area (Å²) in [7, 11) is -3.80. The summed E-state index contributed by atoms with van der Waals surface area (Å²) in [5.41, 5.74) is 0.930. The highest BCUT2D eigenvalue weighted by Gasteiger charge is 2.47. The van der Waals surface area contributed by atoms with Gasteiger partial charge >= 0.3 is 0 Å². The molecule has 0 amide bonds. The first-order valence-corrected chi connectivity index (χ1v) is 15.4. The monoisotopic (exact) mass is 400 g/mol. The fourth-order valence-corrected chi connectivity index (χ4v) is 5.03. The van der Waals surface area contributed by atoms with Gasteiger partial charge in [0.2, 0.25) is 0 Å². The third-order valence-corrected chi connectivity index (χ3v) is 15.7. The summed E-state index contributed by atoms with van der Waals surface area (Å²) >= 11 is 0. The van der Waals surface area contributed by atoms with Gasteiger partial charge in [0.25, 0.3) is 6.47 Å². The van der Waals surface area contributed by atoms with Gasteiger partial charge in [-0.3, -0.25) is 4.79 Å². The van der Waals surface area contributed by atoms with Gasteiger partial charge in [0.1, 0.15) is 6.10 Å². The molecule has 1 aliphatic carbocycles. The minimum absolute atomic E-state index is 0.00175. The molecule has 152 valence electrons. The second-order valence-electron chi connectivity index (χ2n) is 10.6. The molecule has 1 aliphatic rings. The van der Waals surface area contributed by atoms with Gasteiger partial charge in [-0.15, -0.1) is 0 Å². The standard InChI is InChI=1S/C20H40O4Si2/c1-15-16(13-23-25(8,9)19(2,3)4)18(12-17(15)22-14-21)24-26(10,11)20(5,6)7/h14,16-18H,1,12-13H2,2-11H3/t16-,17+,18-/m0/s1. The van der Waals surface area contributed by atoms with Crippen molar-refractivity contribution in [3.8, 4) is 0 Å². The van der Waals surface area contributed by atoms with E-state index < -0.39 is 16.6 Å². The highest BCUT2D eigenvalue weighted by molar-refractivity contribution is 6.74. The zero-order valence-corrected chi connectivity index (χ0v) is 20.6. The molecule has 0 spiro atoms. The second kappa shape index (κ2) is 7.90. The maximum absolute atomic E-state index is 10.9. The van der Waals surface area contributed by atoms with E-state index in [1.54, 1.807) is 0 Å². The Morgan fingerprint density at radius 2 is 1.54 bits per heavy atom. The zero-order valence-electron chi connectivity index (χ0n) is 18.6. The number of ether oxygens (including phenoxy) is 1. The van der Waals surface area contributed by atoms with Crippen molar-refractivity contribution in [1.82, 2.24) is 0 Å². The van der Waals surface area contributed by atoms with E-state index >= 15 is 0 Å². The highest BCUT2D eigenvalue weighted by Crippen LogP contribution is 2.44. The van der Waals surface area contributed by atoms with Crippen LogP contribution in [-0.4, -0.2) is 41.9 Å². The molecule has 1 rings (SSSR count). The largest absolute Gasteiger partial charge is 0.460 e. The molecule has 4 nitrogen and oxygen atoms in total. The first kappa shape index (κ1) is 23.6. The summed E-state index contributed by atoms with van der Waals surface area (Å²) in [6, 6.07) is 0. The number of hydrogen-bond acceptors (Lipinski definition) is 4. The molecular weight excluding hydrogens is 360 g/mol. The second-order valence-corrected chi connectivity index (χ2v) is 20.2. The number of carbonyl (C=O) groups excluding carboxylic acids is 1. The minimum atomic E-state index is -1.93. The molecule has 0 aliphatic heterocycles. The molecule has 0 N–H and O–H groups in total. The van der Waals surface area contributed by atoms with E-state index in [0.29, 0.717) is 19.5 Å². The van der Waals surface area contributed by atoms with Crippen LogP contribution in [0.1, 0.15) is 48.0 Å². The third-order valence-electron chi connectivity index (χ3n) is 6.69. The molecule has 0 aromatic carbocycles. The van der Waals surface area contributed by atoms with Gasteiger partial charge in [0, 0.05) is 18.9 Å². The number of carbonyl (C=O) groups is 1. The van der Waals surface area contributed by atoms with Gasteiger partial charge in [0.05, 0.1) is 6.10 Å².